The smallest absolute Gasteiger partial charge is 0.307 e. The maximum atomic E-state index is 12.7. The van der Waals surface area contributed by atoms with Crippen molar-refractivity contribution in [2.75, 3.05) is 11.4 Å². The topological polar surface area (TPSA) is 74.7 Å². The van der Waals surface area contributed by atoms with Crippen molar-refractivity contribution < 1.29 is 18.3 Å². The molecule has 0 saturated heterocycles. The van der Waals surface area contributed by atoms with Gasteiger partial charge in [-0.25, -0.2) is 8.42 Å². The van der Waals surface area contributed by atoms with E-state index < -0.39 is 27.2 Å². The summed E-state index contributed by atoms with van der Waals surface area (Å²) >= 11 is 0. The van der Waals surface area contributed by atoms with Gasteiger partial charge in [0.05, 0.1) is 16.9 Å². The van der Waals surface area contributed by atoms with Crippen LogP contribution in [0.5, 0.6) is 0 Å². The molecule has 0 radical (unpaired) electrons. The van der Waals surface area contributed by atoms with Crippen molar-refractivity contribution in [2.45, 2.75) is 31.4 Å². The molecule has 2 unspecified atom stereocenters. The minimum Gasteiger partial charge on any atom is -0.481 e. The summed E-state index contributed by atoms with van der Waals surface area (Å²) in [4.78, 5) is 11.2. The van der Waals surface area contributed by atoms with Crippen molar-refractivity contribution in [3.05, 3.63) is 29.8 Å². The molecule has 1 aliphatic rings. The van der Waals surface area contributed by atoms with Crippen LogP contribution in [0.4, 0.5) is 5.69 Å². The van der Waals surface area contributed by atoms with E-state index in [1.54, 1.807) is 12.1 Å². The van der Waals surface area contributed by atoms with E-state index in [0.29, 0.717) is 24.9 Å². The lowest BCUT2D eigenvalue weighted by Crippen LogP contribution is -2.40. The minimum atomic E-state index is -3.66. The Morgan fingerprint density at radius 1 is 1.30 bits per heavy atom. The number of carbonyl (C=O) groups is 1. The Balaban J connectivity index is 2.35. The summed E-state index contributed by atoms with van der Waals surface area (Å²) in [6, 6.07) is 7.19. The van der Waals surface area contributed by atoms with Gasteiger partial charge in [-0.05, 0) is 31.4 Å². The molecule has 0 bridgehead atoms. The summed E-state index contributed by atoms with van der Waals surface area (Å²) in [5.41, 5.74) is 1.45. The van der Waals surface area contributed by atoms with Crippen molar-refractivity contribution in [3.63, 3.8) is 0 Å². The van der Waals surface area contributed by atoms with E-state index >= 15 is 0 Å². The third-order valence-electron chi connectivity index (χ3n) is 3.99. The molecule has 5 nitrogen and oxygen atoms in total. The van der Waals surface area contributed by atoms with Crippen LogP contribution in [0.1, 0.15) is 24.8 Å². The highest BCUT2D eigenvalue weighted by Crippen LogP contribution is 2.34. The van der Waals surface area contributed by atoms with Crippen LogP contribution in [0.2, 0.25) is 0 Å². The van der Waals surface area contributed by atoms with E-state index in [1.165, 1.54) is 11.4 Å². The highest BCUT2D eigenvalue weighted by molar-refractivity contribution is 7.93. The largest absolute Gasteiger partial charge is 0.481 e. The Hall–Kier alpha value is -1.56. The quantitative estimate of drug-likeness (QED) is 0.922. The van der Waals surface area contributed by atoms with Crippen LogP contribution >= 0.6 is 0 Å². The van der Waals surface area contributed by atoms with Gasteiger partial charge in [-0.3, -0.25) is 9.10 Å². The van der Waals surface area contributed by atoms with E-state index in [2.05, 4.69) is 0 Å². The van der Waals surface area contributed by atoms with E-state index in [4.69, 9.17) is 0 Å². The number of sulfonamides is 1. The van der Waals surface area contributed by atoms with Crippen LogP contribution in [-0.2, 0) is 14.8 Å². The van der Waals surface area contributed by atoms with Crippen LogP contribution in [0.15, 0.2) is 24.3 Å². The second-order valence-corrected chi connectivity index (χ2v) is 7.40. The first-order valence-corrected chi connectivity index (χ1v) is 8.12. The SMILES string of the molecule is Cc1ccccc1N(C)S(=O)(=O)C1CCCC1C(=O)O. The number of nitrogens with zero attached hydrogens (tertiary/aromatic N) is 1. The van der Waals surface area contributed by atoms with Crippen molar-refractivity contribution >= 4 is 21.7 Å². The fourth-order valence-electron chi connectivity index (χ4n) is 2.82. The number of carboxylic acids is 1. The van der Waals surface area contributed by atoms with Gasteiger partial charge < -0.3 is 5.11 Å². The average Bonchev–Trinajstić information content (AvgIpc) is 2.88. The molecule has 0 spiro atoms. The Kier molecular flexibility index (Phi) is 4.04. The number of hydrogen-bond donors (Lipinski definition) is 1. The fourth-order valence-corrected chi connectivity index (χ4v) is 4.84. The van der Waals surface area contributed by atoms with Gasteiger partial charge in [0.25, 0.3) is 0 Å². The Labute approximate surface area is 119 Å². The molecule has 1 aliphatic carbocycles. The lowest BCUT2D eigenvalue weighted by atomic mass is 10.1. The number of carboxylic acid groups (broad SMARTS) is 1. The Morgan fingerprint density at radius 2 is 1.95 bits per heavy atom. The summed E-state index contributed by atoms with van der Waals surface area (Å²) in [5, 5.41) is 8.34. The second-order valence-electron chi connectivity index (χ2n) is 5.21. The number of aryl methyl sites for hydroxylation is 1. The summed E-state index contributed by atoms with van der Waals surface area (Å²) in [5.74, 6) is -1.82. The molecule has 2 atom stereocenters. The Bertz CT molecular complexity index is 611. The molecule has 0 aromatic heterocycles. The number of hydrogen-bond acceptors (Lipinski definition) is 3. The summed E-state index contributed by atoms with van der Waals surface area (Å²) < 4.78 is 26.6. The van der Waals surface area contributed by atoms with Gasteiger partial charge in [-0.15, -0.1) is 0 Å². The van der Waals surface area contributed by atoms with Crippen LogP contribution < -0.4 is 4.31 Å². The molecule has 1 saturated carbocycles. The normalized spacial score (nSPS) is 22.7. The van der Waals surface area contributed by atoms with Crippen molar-refractivity contribution in [1.29, 1.82) is 0 Å². The van der Waals surface area contributed by atoms with Crippen molar-refractivity contribution in [2.24, 2.45) is 5.92 Å². The third kappa shape index (κ3) is 2.52. The summed E-state index contributed by atoms with van der Waals surface area (Å²) in [6.45, 7) is 1.84. The summed E-state index contributed by atoms with van der Waals surface area (Å²) in [6.07, 6.45) is 1.48. The lowest BCUT2D eigenvalue weighted by molar-refractivity contribution is -0.141. The predicted octanol–water partition coefficient (Wildman–Crippen LogP) is 2.01. The van der Waals surface area contributed by atoms with Gasteiger partial charge in [0, 0.05) is 7.05 Å². The Morgan fingerprint density at radius 3 is 2.55 bits per heavy atom. The van der Waals surface area contributed by atoms with Gasteiger partial charge in [0.1, 0.15) is 0 Å². The average molecular weight is 297 g/mol. The molecule has 1 N–H and O–H groups in total. The van der Waals surface area contributed by atoms with E-state index in [9.17, 15) is 18.3 Å². The minimum absolute atomic E-state index is 0.412. The molecule has 0 aliphatic heterocycles. The van der Waals surface area contributed by atoms with Gasteiger partial charge >= 0.3 is 5.97 Å². The summed E-state index contributed by atoms with van der Waals surface area (Å²) in [7, 11) is -2.16. The molecule has 20 heavy (non-hydrogen) atoms. The molecule has 1 aromatic rings. The molecule has 0 amide bonds. The monoisotopic (exact) mass is 297 g/mol. The van der Waals surface area contributed by atoms with Crippen molar-refractivity contribution in [1.82, 2.24) is 0 Å². The molecule has 0 heterocycles. The van der Waals surface area contributed by atoms with Gasteiger partial charge in [0.2, 0.25) is 10.0 Å². The van der Waals surface area contributed by atoms with Gasteiger partial charge in [-0.1, -0.05) is 24.6 Å². The van der Waals surface area contributed by atoms with Crippen LogP contribution in [-0.4, -0.2) is 31.8 Å². The maximum absolute atomic E-state index is 12.7. The highest BCUT2D eigenvalue weighted by Gasteiger charge is 2.43. The molecular formula is C14H19NO4S. The van der Waals surface area contributed by atoms with Crippen molar-refractivity contribution in [3.8, 4) is 0 Å². The number of anilines is 1. The zero-order chi connectivity index (χ0) is 14.9. The second kappa shape index (κ2) is 5.44. The zero-order valence-electron chi connectivity index (χ0n) is 11.6. The lowest BCUT2D eigenvalue weighted by Gasteiger charge is -2.26. The number of rotatable bonds is 4. The van der Waals surface area contributed by atoms with Crippen LogP contribution in [0.3, 0.4) is 0 Å². The molecule has 6 heteroatoms. The van der Waals surface area contributed by atoms with Crippen LogP contribution in [0.25, 0.3) is 0 Å². The fraction of sp³-hybridized carbons (Fsp3) is 0.500. The zero-order valence-corrected chi connectivity index (χ0v) is 12.4. The standard InChI is InChI=1S/C14H19NO4S/c1-10-6-3-4-8-12(10)15(2)20(18,19)13-9-5-7-11(13)14(16)17/h3-4,6,8,11,13H,5,7,9H2,1-2H3,(H,16,17). The predicted molar refractivity (Wildman–Crippen MR) is 77.3 cm³/mol. The van der Waals surface area contributed by atoms with E-state index in [0.717, 1.165) is 5.56 Å². The first kappa shape index (κ1) is 14.8. The van der Waals surface area contributed by atoms with E-state index in [1.807, 2.05) is 19.1 Å². The molecule has 2 rings (SSSR count). The maximum Gasteiger partial charge on any atom is 0.307 e. The number of aliphatic carboxylic acids is 1. The van der Waals surface area contributed by atoms with E-state index in [-0.39, 0.29) is 0 Å². The number of para-hydroxylation sites is 1. The molecule has 110 valence electrons. The van der Waals surface area contributed by atoms with Crippen LogP contribution in [0, 0.1) is 12.8 Å². The van der Waals surface area contributed by atoms with Gasteiger partial charge in [0.15, 0.2) is 0 Å². The molecule has 1 fully saturated rings. The highest BCUT2D eigenvalue weighted by atomic mass is 32.2. The first-order chi connectivity index (χ1) is 9.35. The molecular weight excluding hydrogens is 278 g/mol. The number of benzene rings is 1. The van der Waals surface area contributed by atoms with Gasteiger partial charge in [-0.2, -0.15) is 0 Å². The third-order valence-corrected chi connectivity index (χ3v) is 6.28. The molecule has 1 aromatic carbocycles. The first-order valence-electron chi connectivity index (χ1n) is 6.62.